The van der Waals surface area contributed by atoms with Crippen molar-refractivity contribution in [3.8, 4) is 0 Å². The molecular weight excluding hydrogens is 388 g/mol. The van der Waals surface area contributed by atoms with Crippen LogP contribution in [0.25, 0.3) is 0 Å². The molecule has 1 atom stereocenters. The zero-order valence-electron chi connectivity index (χ0n) is 14.7. The lowest BCUT2D eigenvalue weighted by atomic mass is 10.1. The van der Waals surface area contributed by atoms with Crippen molar-refractivity contribution in [2.45, 2.75) is 17.5 Å². The van der Waals surface area contributed by atoms with E-state index in [1.165, 1.54) is 16.7 Å². The number of imide groups is 1. The largest absolute Gasteiger partial charge is 0.309 e. The minimum absolute atomic E-state index is 0.110. The van der Waals surface area contributed by atoms with Gasteiger partial charge in [-0.2, -0.15) is 0 Å². The molecule has 2 aromatic rings. The molecular formula is C17H18N4O4S2. The predicted octanol–water partition coefficient (Wildman–Crippen LogP) is 1.11. The molecule has 0 spiro atoms. The zero-order chi connectivity index (χ0) is 19.2. The third-order valence-corrected chi connectivity index (χ3v) is 7.66. The molecule has 3 heterocycles. The first-order chi connectivity index (χ1) is 12.9. The molecule has 1 saturated heterocycles. The second kappa shape index (κ2) is 6.75. The Balaban J connectivity index is 1.40. The number of hydrogen-bond donors (Lipinski definition) is 0. The Morgan fingerprint density at radius 3 is 2.41 bits per heavy atom. The Morgan fingerprint density at radius 1 is 1.15 bits per heavy atom. The molecule has 142 valence electrons. The molecule has 8 nitrogen and oxygen atoms in total. The average molecular weight is 406 g/mol. The van der Waals surface area contributed by atoms with E-state index in [9.17, 15) is 18.0 Å². The molecule has 0 N–H and O–H groups in total. The van der Waals surface area contributed by atoms with E-state index < -0.39 is 9.84 Å². The van der Waals surface area contributed by atoms with Crippen LogP contribution >= 0.6 is 11.8 Å². The molecule has 2 amide bonds. The van der Waals surface area contributed by atoms with Gasteiger partial charge < -0.3 is 4.57 Å². The van der Waals surface area contributed by atoms with Gasteiger partial charge in [0.2, 0.25) is 0 Å². The molecule has 4 rings (SSSR count). The second-order valence-electron chi connectivity index (χ2n) is 6.66. The van der Waals surface area contributed by atoms with Crippen LogP contribution in [0.4, 0.5) is 0 Å². The summed E-state index contributed by atoms with van der Waals surface area (Å²) in [5, 5.41) is 8.94. The van der Waals surface area contributed by atoms with Gasteiger partial charge in [-0.25, -0.2) is 8.42 Å². The van der Waals surface area contributed by atoms with Crippen molar-refractivity contribution in [1.82, 2.24) is 19.7 Å². The quantitative estimate of drug-likeness (QED) is 0.541. The van der Waals surface area contributed by atoms with Crippen LogP contribution in [0.1, 0.15) is 38.9 Å². The van der Waals surface area contributed by atoms with Gasteiger partial charge in [-0.3, -0.25) is 14.5 Å². The van der Waals surface area contributed by atoms with Crippen molar-refractivity contribution in [3.63, 3.8) is 0 Å². The number of amides is 2. The van der Waals surface area contributed by atoms with E-state index >= 15 is 0 Å². The Kier molecular flexibility index (Phi) is 4.55. The van der Waals surface area contributed by atoms with Gasteiger partial charge in [0.1, 0.15) is 5.82 Å². The number of benzene rings is 1. The maximum Gasteiger partial charge on any atom is 0.261 e. The third-order valence-electron chi connectivity index (χ3n) is 4.89. The lowest BCUT2D eigenvalue weighted by molar-refractivity contribution is 0.0664. The summed E-state index contributed by atoms with van der Waals surface area (Å²) in [6, 6.07) is 6.81. The van der Waals surface area contributed by atoms with Gasteiger partial charge in [-0.05, 0) is 18.6 Å². The van der Waals surface area contributed by atoms with Crippen LogP contribution in [0.2, 0.25) is 0 Å². The van der Waals surface area contributed by atoms with Gasteiger partial charge >= 0.3 is 0 Å². The van der Waals surface area contributed by atoms with E-state index in [2.05, 4.69) is 10.2 Å². The van der Waals surface area contributed by atoms with Crippen molar-refractivity contribution >= 4 is 33.4 Å². The number of hydrogen-bond acceptors (Lipinski definition) is 7. The minimum Gasteiger partial charge on any atom is -0.309 e. The highest BCUT2D eigenvalue weighted by Crippen LogP contribution is 2.29. The van der Waals surface area contributed by atoms with Crippen LogP contribution < -0.4 is 0 Å². The highest BCUT2D eigenvalue weighted by molar-refractivity contribution is 7.99. The molecule has 2 aliphatic rings. The van der Waals surface area contributed by atoms with Crippen LogP contribution in [0.5, 0.6) is 0 Å². The summed E-state index contributed by atoms with van der Waals surface area (Å²) in [5.74, 6) is 0.778. The number of nitrogens with zero attached hydrogens (tertiary/aromatic N) is 4. The third kappa shape index (κ3) is 3.27. The van der Waals surface area contributed by atoms with E-state index in [-0.39, 0.29) is 35.8 Å². The number of aromatic nitrogens is 3. The van der Waals surface area contributed by atoms with Gasteiger partial charge in [-0.1, -0.05) is 23.9 Å². The molecule has 1 aromatic carbocycles. The SMILES string of the molecule is Cn1c(SCCN2C(=O)c3ccccc3C2=O)nnc1[C@@H]1CCS(=O)(=O)C1. The number of sulfone groups is 1. The molecule has 0 unspecified atom stereocenters. The lowest BCUT2D eigenvalue weighted by Gasteiger charge is -2.13. The Morgan fingerprint density at radius 2 is 1.81 bits per heavy atom. The average Bonchev–Trinajstić information content (AvgIpc) is 3.26. The highest BCUT2D eigenvalue weighted by atomic mass is 32.2. The normalized spacial score (nSPS) is 21.1. The van der Waals surface area contributed by atoms with E-state index in [0.717, 1.165) is 0 Å². The van der Waals surface area contributed by atoms with Crippen LogP contribution in [-0.2, 0) is 16.9 Å². The van der Waals surface area contributed by atoms with Gasteiger partial charge in [-0.15, -0.1) is 10.2 Å². The minimum atomic E-state index is -2.99. The summed E-state index contributed by atoms with van der Waals surface area (Å²) in [6.07, 6.45) is 0.564. The van der Waals surface area contributed by atoms with Crippen LogP contribution in [0.15, 0.2) is 29.4 Å². The summed E-state index contributed by atoms with van der Waals surface area (Å²) in [5.41, 5.74) is 0.881. The maximum absolute atomic E-state index is 12.4. The van der Waals surface area contributed by atoms with Crippen molar-refractivity contribution < 1.29 is 18.0 Å². The molecule has 27 heavy (non-hydrogen) atoms. The van der Waals surface area contributed by atoms with Crippen molar-refractivity contribution in [2.75, 3.05) is 23.8 Å². The van der Waals surface area contributed by atoms with Crippen LogP contribution in [-0.4, -0.2) is 63.7 Å². The first-order valence-corrected chi connectivity index (χ1v) is 11.4. The summed E-state index contributed by atoms with van der Waals surface area (Å²) in [7, 11) is -1.18. The molecule has 0 radical (unpaired) electrons. The lowest BCUT2D eigenvalue weighted by Crippen LogP contribution is -2.31. The molecule has 0 aliphatic carbocycles. The summed E-state index contributed by atoms with van der Waals surface area (Å²) in [4.78, 5) is 26.0. The van der Waals surface area contributed by atoms with E-state index in [1.54, 1.807) is 28.8 Å². The maximum atomic E-state index is 12.4. The highest BCUT2D eigenvalue weighted by Gasteiger charge is 2.35. The number of rotatable bonds is 5. The van der Waals surface area contributed by atoms with Gasteiger partial charge in [0.15, 0.2) is 15.0 Å². The number of thioether (sulfide) groups is 1. The first-order valence-electron chi connectivity index (χ1n) is 8.55. The van der Waals surface area contributed by atoms with E-state index in [0.29, 0.717) is 34.3 Å². The van der Waals surface area contributed by atoms with E-state index in [1.807, 2.05) is 7.05 Å². The smallest absolute Gasteiger partial charge is 0.261 e. The monoisotopic (exact) mass is 406 g/mol. The number of fused-ring (bicyclic) bond motifs is 1. The molecule has 0 saturated carbocycles. The zero-order valence-corrected chi connectivity index (χ0v) is 16.3. The summed E-state index contributed by atoms with van der Waals surface area (Å²) in [6.45, 7) is 0.275. The van der Waals surface area contributed by atoms with Gasteiger partial charge in [0, 0.05) is 25.3 Å². The summed E-state index contributed by atoms with van der Waals surface area (Å²) >= 11 is 1.39. The fourth-order valence-corrected chi connectivity index (χ4v) is 6.06. The first kappa shape index (κ1) is 18.2. The van der Waals surface area contributed by atoms with Crippen molar-refractivity contribution in [1.29, 1.82) is 0 Å². The molecule has 1 aromatic heterocycles. The van der Waals surface area contributed by atoms with Gasteiger partial charge in [0.25, 0.3) is 11.8 Å². The van der Waals surface area contributed by atoms with E-state index in [4.69, 9.17) is 0 Å². The fourth-order valence-electron chi connectivity index (χ4n) is 3.48. The van der Waals surface area contributed by atoms with Gasteiger partial charge in [0.05, 0.1) is 22.6 Å². The molecule has 10 heteroatoms. The van der Waals surface area contributed by atoms with Crippen LogP contribution in [0.3, 0.4) is 0 Å². The molecule has 2 aliphatic heterocycles. The van der Waals surface area contributed by atoms with Crippen molar-refractivity contribution in [2.24, 2.45) is 7.05 Å². The van der Waals surface area contributed by atoms with Crippen LogP contribution in [0, 0.1) is 0 Å². The Labute approximate surface area is 160 Å². The molecule has 0 bridgehead atoms. The molecule has 1 fully saturated rings. The Hall–Kier alpha value is -2.20. The second-order valence-corrected chi connectivity index (χ2v) is 9.95. The predicted molar refractivity (Wildman–Crippen MR) is 99.5 cm³/mol. The fraction of sp³-hybridized carbons (Fsp3) is 0.412. The Bertz CT molecular complexity index is 996. The topological polar surface area (TPSA) is 102 Å². The number of carbonyl (C=O) groups is 2. The number of carbonyl (C=O) groups excluding carboxylic acids is 2. The summed E-state index contributed by atoms with van der Waals surface area (Å²) < 4.78 is 25.2. The van der Waals surface area contributed by atoms with Crippen molar-refractivity contribution in [3.05, 3.63) is 41.2 Å². The standard InChI is InChI=1S/C17H18N4O4S2/c1-20-14(11-6-9-27(24,25)10-11)18-19-17(20)26-8-7-21-15(22)12-4-2-3-5-13(12)16(21)23/h2-5,11H,6-10H2,1H3/t11-/m1/s1.